The SMILES string of the molecule is O=C(OCc1c(Cl)cccc1Cl)c1cccs1. The van der Waals surface area contributed by atoms with Gasteiger partial charge in [0.05, 0.1) is 0 Å². The number of benzene rings is 1. The summed E-state index contributed by atoms with van der Waals surface area (Å²) in [6, 6.07) is 8.67. The second-order valence-corrected chi connectivity index (χ2v) is 5.02. The molecule has 1 aromatic heterocycles. The molecule has 0 amide bonds. The first-order valence-electron chi connectivity index (χ1n) is 4.82. The molecule has 0 bridgehead atoms. The molecule has 2 rings (SSSR count). The molecule has 0 N–H and O–H groups in total. The van der Waals surface area contributed by atoms with Gasteiger partial charge in [0.2, 0.25) is 0 Å². The number of carbonyl (C=O) groups is 1. The number of rotatable bonds is 3. The molecule has 0 aliphatic rings. The predicted molar refractivity (Wildman–Crippen MR) is 69.9 cm³/mol. The minimum Gasteiger partial charge on any atom is -0.457 e. The van der Waals surface area contributed by atoms with E-state index in [9.17, 15) is 4.79 Å². The van der Waals surface area contributed by atoms with Crippen molar-refractivity contribution in [1.29, 1.82) is 0 Å². The molecule has 0 fully saturated rings. The van der Waals surface area contributed by atoms with Crippen molar-refractivity contribution in [3.63, 3.8) is 0 Å². The van der Waals surface area contributed by atoms with E-state index in [1.54, 1.807) is 30.3 Å². The zero-order chi connectivity index (χ0) is 12.3. The van der Waals surface area contributed by atoms with Crippen molar-refractivity contribution in [2.24, 2.45) is 0 Å². The van der Waals surface area contributed by atoms with Crippen molar-refractivity contribution in [2.75, 3.05) is 0 Å². The topological polar surface area (TPSA) is 26.3 Å². The Morgan fingerprint density at radius 1 is 1.18 bits per heavy atom. The number of carbonyl (C=O) groups excluding carboxylic acids is 1. The summed E-state index contributed by atoms with van der Waals surface area (Å²) in [5, 5.41) is 2.81. The first-order chi connectivity index (χ1) is 8.18. The molecule has 0 radical (unpaired) electrons. The van der Waals surface area contributed by atoms with Crippen molar-refractivity contribution >= 4 is 40.5 Å². The maximum Gasteiger partial charge on any atom is 0.348 e. The number of hydrogen-bond acceptors (Lipinski definition) is 3. The smallest absolute Gasteiger partial charge is 0.348 e. The molecule has 88 valence electrons. The van der Waals surface area contributed by atoms with E-state index in [4.69, 9.17) is 27.9 Å². The highest BCUT2D eigenvalue weighted by Gasteiger charge is 2.11. The zero-order valence-corrected chi connectivity index (χ0v) is 11.0. The molecule has 0 saturated heterocycles. The molecule has 0 unspecified atom stereocenters. The van der Waals surface area contributed by atoms with Crippen LogP contribution in [0.3, 0.4) is 0 Å². The minimum atomic E-state index is -0.365. The van der Waals surface area contributed by atoms with Crippen molar-refractivity contribution in [3.8, 4) is 0 Å². The van der Waals surface area contributed by atoms with Crippen LogP contribution in [-0.4, -0.2) is 5.97 Å². The van der Waals surface area contributed by atoms with Gasteiger partial charge in [-0.1, -0.05) is 35.3 Å². The second-order valence-electron chi connectivity index (χ2n) is 3.25. The van der Waals surface area contributed by atoms with Crippen LogP contribution in [0.5, 0.6) is 0 Å². The van der Waals surface area contributed by atoms with E-state index in [2.05, 4.69) is 0 Å². The number of thiophene rings is 1. The maximum atomic E-state index is 11.6. The Morgan fingerprint density at radius 3 is 2.47 bits per heavy atom. The monoisotopic (exact) mass is 286 g/mol. The van der Waals surface area contributed by atoms with E-state index in [1.165, 1.54) is 11.3 Å². The van der Waals surface area contributed by atoms with Crippen molar-refractivity contribution in [1.82, 2.24) is 0 Å². The van der Waals surface area contributed by atoms with Crippen LogP contribution in [0.25, 0.3) is 0 Å². The van der Waals surface area contributed by atoms with Crippen LogP contribution in [0.2, 0.25) is 10.0 Å². The summed E-state index contributed by atoms with van der Waals surface area (Å²) < 4.78 is 5.14. The van der Waals surface area contributed by atoms with E-state index in [0.717, 1.165) is 0 Å². The highest BCUT2D eigenvalue weighted by Crippen LogP contribution is 2.25. The fraction of sp³-hybridized carbons (Fsp3) is 0.0833. The van der Waals surface area contributed by atoms with E-state index < -0.39 is 0 Å². The molecule has 1 aromatic carbocycles. The summed E-state index contributed by atoms with van der Waals surface area (Å²) in [5.74, 6) is -0.365. The second kappa shape index (κ2) is 5.54. The third-order valence-electron chi connectivity index (χ3n) is 2.13. The average Bonchev–Trinajstić information content (AvgIpc) is 2.81. The minimum absolute atomic E-state index is 0.0786. The lowest BCUT2D eigenvalue weighted by Crippen LogP contribution is -2.03. The number of hydrogen-bond donors (Lipinski definition) is 0. The van der Waals surface area contributed by atoms with E-state index >= 15 is 0 Å². The summed E-state index contributed by atoms with van der Waals surface area (Å²) in [6.07, 6.45) is 0. The first kappa shape index (κ1) is 12.4. The van der Waals surface area contributed by atoms with Crippen LogP contribution in [0.15, 0.2) is 35.7 Å². The molecule has 5 heteroatoms. The highest BCUT2D eigenvalue weighted by molar-refractivity contribution is 7.11. The summed E-state index contributed by atoms with van der Waals surface area (Å²) in [6.45, 7) is 0.0786. The Hall–Kier alpha value is -1.03. The Kier molecular flexibility index (Phi) is 4.05. The average molecular weight is 287 g/mol. The summed E-state index contributed by atoms with van der Waals surface area (Å²) in [5.41, 5.74) is 0.626. The Morgan fingerprint density at radius 2 is 1.88 bits per heavy atom. The fourth-order valence-electron chi connectivity index (χ4n) is 1.27. The normalized spacial score (nSPS) is 10.2. The Bertz CT molecular complexity index is 503. The van der Waals surface area contributed by atoms with Crippen LogP contribution >= 0.6 is 34.5 Å². The quantitative estimate of drug-likeness (QED) is 0.781. The van der Waals surface area contributed by atoms with Gasteiger partial charge in [-0.2, -0.15) is 0 Å². The van der Waals surface area contributed by atoms with E-state index in [-0.39, 0.29) is 12.6 Å². The van der Waals surface area contributed by atoms with Gasteiger partial charge in [-0.15, -0.1) is 11.3 Å². The number of esters is 1. The Labute approximate surface area is 113 Å². The van der Waals surface area contributed by atoms with Gasteiger partial charge >= 0.3 is 5.97 Å². The molecule has 0 atom stereocenters. The summed E-state index contributed by atoms with van der Waals surface area (Å²) in [7, 11) is 0. The molecule has 0 aliphatic heterocycles. The molecule has 1 heterocycles. The summed E-state index contributed by atoms with van der Waals surface area (Å²) >= 11 is 13.3. The molecule has 0 saturated carbocycles. The van der Waals surface area contributed by atoms with Crippen molar-refractivity contribution < 1.29 is 9.53 Å². The van der Waals surface area contributed by atoms with Gasteiger partial charge < -0.3 is 4.74 Å². The number of ether oxygens (including phenoxy) is 1. The zero-order valence-electron chi connectivity index (χ0n) is 8.65. The van der Waals surface area contributed by atoms with Crippen LogP contribution < -0.4 is 0 Å². The predicted octanol–water partition coefficient (Wildman–Crippen LogP) is 4.41. The lowest BCUT2D eigenvalue weighted by molar-refractivity contribution is 0.0479. The molecule has 2 nitrogen and oxygen atoms in total. The maximum absolute atomic E-state index is 11.6. The molecule has 17 heavy (non-hydrogen) atoms. The summed E-state index contributed by atoms with van der Waals surface area (Å²) in [4.78, 5) is 12.2. The van der Waals surface area contributed by atoms with Crippen LogP contribution in [0.4, 0.5) is 0 Å². The largest absolute Gasteiger partial charge is 0.457 e. The first-order valence-corrected chi connectivity index (χ1v) is 6.45. The molecular weight excluding hydrogens is 279 g/mol. The van der Waals surface area contributed by atoms with Gasteiger partial charge in [-0.05, 0) is 23.6 Å². The third-order valence-corrected chi connectivity index (χ3v) is 3.69. The van der Waals surface area contributed by atoms with Gasteiger partial charge in [-0.3, -0.25) is 0 Å². The van der Waals surface area contributed by atoms with Crippen LogP contribution in [0, 0.1) is 0 Å². The molecule has 0 aliphatic carbocycles. The number of halogens is 2. The van der Waals surface area contributed by atoms with Gasteiger partial charge in [0.15, 0.2) is 0 Å². The van der Waals surface area contributed by atoms with E-state index in [0.29, 0.717) is 20.5 Å². The van der Waals surface area contributed by atoms with Gasteiger partial charge in [-0.25, -0.2) is 4.79 Å². The van der Waals surface area contributed by atoms with Crippen molar-refractivity contribution in [3.05, 3.63) is 56.2 Å². The van der Waals surface area contributed by atoms with E-state index in [1.807, 2.05) is 5.38 Å². The van der Waals surface area contributed by atoms with Crippen LogP contribution in [-0.2, 0) is 11.3 Å². The van der Waals surface area contributed by atoms with Crippen molar-refractivity contribution in [2.45, 2.75) is 6.61 Å². The van der Waals surface area contributed by atoms with Gasteiger partial charge in [0, 0.05) is 15.6 Å². The van der Waals surface area contributed by atoms with Crippen LogP contribution in [0.1, 0.15) is 15.2 Å². The third kappa shape index (κ3) is 3.00. The standard InChI is InChI=1S/C12H8Cl2O2S/c13-9-3-1-4-10(14)8(9)7-16-12(15)11-5-2-6-17-11/h1-6H,7H2. The molecule has 2 aromatic rings. The molecular formula is C12H8Cl2O2S. The van der Waals surface area contributed by atoms with Gasteiger partial charge in [0.1, 0.15) is 11.5 Å². The van der Waals surface area contributed by atoms with Gasteiger partial charge in [0.25, 0.3) is 0 Å². The Balaban J connectivity index is 2.06. The lowest BCUT2D eigenvalue weighted by atomic mass is 10.2. The molecule has 0 spiro atoms. The lowest BCUT2D eigenvalue weighted by Gasteiger charge is -2.07. The fourth-order valence-corrected chi connectivity index (χ4v) is 2.40. The highest BCUT2D eigenvalue weighted by atomic mass is 35.5.